The summed E-state index contributed by atoms with van der Waals surface area (Å²) in [5.74, 6) is 0.616. The molecule has 0 heterocycles. The van der Waals surface area contributed by atoms with E-state index in [-0.39, 0.29) is 0 Å². The van der Waals surface area contributed by atoms with E-state index in [2.05, 4.69) is 57.1 Å². The molecule has 1 aromatic carbocycles. The Kier molecular flexibility index (Phi) is 4.54. The van der Waals surface area contributed by atoms with Crippen molar-refractivity contribution in [2.24, 2.45) is 10.9 Å². The molecule has 1 nitrogen and oxygen atoms in total. The second-order valence-electron chi connectivity index (χ2n) is 4.20. The van der Waals surface area contributed by atoms with Crippen LogP contribution in [0.3, 0.4) is 0 Å². The molecule has 1 heteroatoms. The lowest BCUT2D eigenvalue weighted by molar-refractivity contribution is 0.655. The van der Waals surface area contributed by atoms with Crippen LogP contribution in [0.25, 0.3) is 0 Å². The molecular formula is C14H21N. The number of hydrogen-bond donors (Lipinski definition) is 0. The summed E-state index contributed by atoms with van der Waals surface area (Å²) in [7, 11) is 0. The largest absolute Gasteiger partial charge is 0.261 e. The predicted molar refractivity (Wildman–Crippen MR) is 68.1 cm³/mol. The van der Waals surface area contributed by atoms with Gasteiger partial charge in [-0.05, 0) is 55.9 Å². The van der Waals surface area contributed by atoms with Crippen molar-refractivity contribution in [3.63, 3.8) is 0 Å². The zero-order valence-corrected chi connectivity index (χ0v) is 10.2. The zero-order valence-electron chi connectivity index (χ0n) is 10.2. The maximum atomic E-state index is 4.54. The molecule has 1 aromatic rings. The van der Waals surface area contributed by atoms with Gasteiger partial charge in [0.15, 0.2) is 0 Å². The van der Waals surface area contributed by atoms with Crippen LogP contribution in [0.5, 0.6) is 0 Å². The Morgan fingerprint density at radius 1 is 1.07 bits per heavy atom. The summed E-state index contributed by atoms with van der Waals surface area (Å²) in [4.78, 5) is 4.54. The predicted octanol–water partition coefficient (Wildman–Crippen LogP) is 4.44. The van der Waals surface area contributed by atoms with Crippen LogP contribution in [0.15, 0.2) is 23.2 Å². The monoisotopic (exact) mass is 203 g/mol. The lowest BCUT2D eigenvalue weighted by atomic mass is 10.1. The third kappa shape index (κ3) is 3.86. The third-order valence-electron chi connectivity index (χ3n) is 2.69. The van der Waals surface area contributed by atoms with Gasteiger partial charge in [0, 0.05) is 6.21 Å². The van der Waals surface area contributed by atoms with Gasteiger partial charge in [0.1, 0.15) is 0 Å². The highest BCUT2D eigenvalue weighted by molar-refractivity contribution is 5.66. The Balaban J connectivity index is 2.79. The molecule has 0 radical (unpaired) electrons. The lowest BCUT2D eigenvalue weighted by Crippen LogP contribution is -1.96. The molecule has 15 heavy (non-hydrogen) atoms. The minimum atomic E-state index is 0.616. The first-order valence-electron chi connectivity index (χ1n) is 5.78. The Hall–Kier alpha value is -1.11. The molecule has 0 saturated heterocycles. The number of rotatable bonds is 4. The summed E-state index contributed by atoms with van der Waals surface area (Å²) < 4.78 is 0. The number of nitrogens with zero attached hydrogens (tertiary/aromatic N) is 1. The van der Waals surface area contributed by atoms with Gasteiger partial charge in [0.25, 0.3) is 0 Å². The van der Waals surface area contributed by atoms with Crippen LogP contribution in [0, 0.1) is 19.8 Å². The van der Waals surface area contributed by atoms with E-state index in [1.165, 1.54) is 24.0 Å². The topological polar surface area (TPSA) is 12.4 Å². The molecule has 0 unspecified atom stereocenters. The second-order valence-corrected chi connectivity index (χ2v) is 4.20. The highest BCUT2D eigenvalue weighted by Crippen LogP contribution is 2.17. The van der Waals surface area contributed by atoms with Crippen LogP contribution in [0.1, 0.15) is 37.8 Å². The molecule has 0 fully saturated rings. The van der Waals surface area contributed by atoms with Crippen molar-refractivity contribution in [3.8, 4) is 0 Å². The van der Waals surface area contributed by atoms with Crippen LogP contribution in [0.2, 0.25) is 0 Å². The van der Waals surface area contributed by atoms with Crippen molar-refractivity contribution < 1.29 is 0 Å². The smallest absolute Gasteiger partial charge is 0.0631 e. The van der Waals surface area contributed by atoms with Crippen molar-refractivity contribution >= 4 is 11.9 Å². The fourth-order valence-electron chi connectivity index (χ4n) is 1.72. The van der Waals surface area contributed by atoms with Crippen molar-refractivity contribution in [2.45, 2.75) is 40.5 Å². The zero-order chi connectivity index (χ0) is 11.3. The first-order valence-corrected chi connectivity index (χ1v) is 5.78. The van der Waals surface area contributed by atoms with E-state index in [1.807, 2.05) is 0 Å². The molecule has 82 valence electrons. The van der Waals surface area contributed by atoms with Crippen molar-refractivity contribution in [1.82, 2.24) is 0 Å². The fourth-order valence-corrected chi connectivity index (χ4v) is 1.72. The molecule has 0 bridgehead atoms. The maximum Gasteiger partial charge on any atom is 0.0631 e. The summed E-state index contributed by atoms with van der Waals surface area (Å²) in [6.45, 7) is 8.65. The van der Waals surface area contributed by atoms with Crippen molar-refractivity contribution in [3.05, 3.63) is 29.3 Å². The number of aliphatic imine (C=N–C) groups is 1. The number of hydrogen-bond acceptors (Lipinski definition) is 1. The van der Waals surface area contributed by atoms with Crippen LogP contribution < -0.4 is 0 Å². The molecule has 0 aliphatic rings. The van der Waals surface area contributed by atoms with E-state index in [4.69, 9.17) is 0 Å². The van der Waals surface area contributed by atoms with Gasteiger partial charge in [-0.1, -0.05) is 19.9 Å². The average Bonchev–Trinajstić information content (AvgIpc) is 2.18. The van der Waals surface area contributed by atoms with Crippen LogP contribution in [-0.4, -0.2) is 6.21 Å². The Bertz CT molecular complexity index is 315. The fraction of sp³-hybridized carbons (Fsp3) is 0.500. The van der Waals surface area contributed by atoms with Crippen molar-refractivity contribution in [2.75, 3.05) is 0 Å². The Labute approximate surface area is 93.2 Å². The summed E-state index contributed by atoms with van der Waals surface area (Å²) >= 11 is 0. The lowest BCUT2D eigenvalue weighted by Gasteiger charge is -2.05. The normalized spacial score (nSPS) is 11.5. The highest BCUT2D eigenvalue weighted by Gasteiger charge is 1.98. The molecule has 0 N–H and O–H groups in total. The van der Waals surface area contributed by atoms with E-state index < -0.39 is 0 Å². The summed E-state index contributed by atoms with van der Waals surface area (Å²) in [6.07, 6.45) is 4.43. The van der Waals surface area contributed by atoms with Gasteiger partial charge in [-0.25, -0.2) is 0 Å². The quantitative estimate of drug-likeness (QED) is 0.641. The molecule has 0 amide bonds. The molecule has 0 aliphatic heterocycles. The first-order chi connectivity index (χ1) is 7.15. The van der Waals surface area contributed by atoms with Gasteiger partial charge in [-0.2, -0.15) is 0 Å². The second kappa shape index (κ2) is 5.69. The highest BCUT2D eigenvalue weighted by atomic mass is 14.7. The maximum absolute atomic E-state index is 4.54. The molecular weight excluding hydrogens is 182 g/mol. The minimum absolute atomic E-state index is 0.616. The first kappa shape index (κ1) is 12.0. The molecule has 0 atom stereocenters. The van der Waals surface area contributed by atoms with E-state index in [9.17, 15) is 0 Å². The van der Waals surface area contributed by atoms with Gasteiger partial charge in [-0.3, -0.25) is 4.99 Å². The summed E-state index contributed by atoms with van der Waals surface area (Å²) in [6, 6.07) is 6.44. The average molecular weight is 203 g/mol. The summed E-state index contributed by atoms with van der Waals surface area (Å²) in [5.41, 5.74) is 3.65. The van der Waals surface area contributed by atoms with Crippen LogP contribution >= 0.6 is 0 Å². The van der Waals surface area contributed by atoms with Crippen LogP contribution in [0.4, 0.5) is 5.69 Å². The molecule has 0 saturated carbocycles. The van der Waals surface area contributed by atoms with E-state index >= 15 is 0 Å². The van der Waals surface area contributed by atoms with Gasteiger partial charge in [-0.15, -0.1) is 0 Å². The van der Waals surface area contributed by atoms with Crippen LogP contribution in [-0.2, 0) is 0 Å². The molecule has 1 rings (SSSR count). The number of benzene rings is 1. The Morgan fingerprint density at radius 3 is 2.07 bits per heavy atom. The Morgan fingerprint density at radius 2 is 1.60 bits per heavy atom. The minimum Gasteiger partial charge on any atom is -0.261 e. The molecule has 0 aliphatic carbocycles. The van der Waals surface area contributed by atoms with Crippen molar-refractivity contribution in [1.29, 1.82) is 0 Å². The standard InChI is InChI=1S/C14H21N/c1-5-13(6-2)10-15-14-8-11(3)7-12(4)9-14/h7-10,13H,5-6H2,1-4H3. The number of aryl methyl sites for hydroxylation is 2. The van der Waals surface area contributed by atoms with Gasteiger partial charge in [0.05, 0.1) is 5.69 Å². The van der Waals surface area contributed by atoms with Gasteiger partial charge < -0.3 is 0 Å². The summed E-state index contributed by atoms with van der Waals surface area (Å²) in [5, 5.41) is 0. The molecule has 0 aromatic heterocycles. The van der Waals surface area contributed by atoms with Gasteiger partial charge >= 0.3 is 0 Å². The van der Waals surface area contributed by atoms with Gasteiger partial charge in [0.2, 0.25) is 0 Å². The van der Waals surface area contributed by atoms with E-state index in [0.717, 1.165) is 5.69 Å². The van der Waals surface area contributed by atoms with E-state index in [0.29, 0.717) is 5.92 Å². The SMILES string of the molecule is CCC(C=Nc1cc(C)cc(C)c1)CC. The molecule has 0 spiro atoms. The third-order valence-corrected chi connectivity index (χ3v) is 2.69. The van der Waals surface area contributed by atoms with E-state index in [1.54, 1.807) is 0 Å².